The molecule has 0 aromatic heterocycles. The van der Waals surface area contributed by atoms with Crippen LogP contribution in [-0.4, -0.2) is 29.7 Å². The SMILES string of the molecule is O=C(c1ccccc1)[C@H]1[C@H]2CC[C@@H](C2)[C@H]1C(=O)N1CCCCCC1. The van der Waals surface area contributed by atoms with Crippen molar-refractivity contribution in [1.29, 1.82) is 0 Å². The molecule has 0 radical (unpaired) electrons. The van der Waals surface area contributed by atoms with Gasteiger partial charge in [-0.05, 0) is 43.9 Å². The third-order valence-electron chi connectivity index (χ3n) is 6.48. The molecule has 4 rings (SSSR count). The van der Waals surface area contributed by atoms with E-state index in [0.29, 0.717) is 11.8 Å². The van der Waals surface area contributed by atoms with Crippen LogP contribution in [-0.2, 0) is 4.79 Å². The number of likely N-dealkylation sites (tertiary alicyclic amines) is 1. The van der Waals surface area contributed by atoms with Gasteiger partial charge in [0.1, 0.15) is 0 Å². The largest absolute Gasteiger partial charge is 0.342 e. The molecule has 3 nitrogen and oxygen atoms in total. The van der Waals surface area contributed by atoms with E-state index in [2.05, 4.69) is 4.90 Å². The van der Waals surface area contributed by atoms with E-state index in [-0.39, 0.29) is 23.5 Å². The van der Waals surface area contributed by atoms with E-state index in [0.717, 1.165) is 50.8 Å². The van der Waals surface area contributed by atoms with Crippen molar-refractivity contribution in [2.75, 3.05) is 13.1 Å². The maximum absolute atomic E-state index is 13.3. The average Bonchev–Trinajstić information content (AvgIpc) is 3.13. The molecule has 3 heteroatoms. The third-order valence-corrected chi connectivity index (χ3v) is 6.48. The topological polar surface area (TPSA) is 37.4 Å². The molecule has 2 saturated carbocycles. The van der Waals surface area contributed by atoms with Gasteiger partial charge in [0.05, 0.1) is 5.92 Å². The summed E-state index contributed by atoms with van der Waals surface area (Å²) in [6.45, 7) is 1.78. The second-order valence-electron chi connectivity index (χ2n) is 7.85. The van der Waals surface area contributed by atoms with Crippen LogP contribution in [0.25, 0.3) is 0 Å². The first-order valence-electron chi connectivity index (χ1n) is 9.64. The van der Waals surface area contributed by atoms with Gasteiger partial charge in [0.2, 0.25) is 5.91 Å². The van der Waals surface area contributed by atoms with Gasteiger partial charge >= 0.3 is 0 Å². The molecule has 2 aliphatic carbocycles. The fourth-order valence-corrected chi connectivity index (χ4v) is 5.32. The number of benzene rings is 1. The summed E-state index contributed by atoms with van der Waals surface area (Å²) in [6.07, 6.45) is 8.02. The molecule has 3 fully saturated rings. The molecule has 0 spiro atoms. The summed E-state index contributed by atoms with van der Waals surface area (Å²) >= 11 is 0. The molecule has 0 unspecified atom stereocenters. The molecular formula is C21H27NO2. The number of carbonyl (C=O) groups is 2. The molecule has 1 aromatic rings. The summed E-state index contributed by atoms with van der Waals surface area (Å²) in [6, 6.07) is 9.60. The van der Waals surface area contributed by atoms with Crippen LogP contribution in [0.1, 0.15) is 55.3 Å². The zero-order chi connectivity index (χ0) is 16.5. The van der Waals surface area contributed by atoms with Crippen LogP contribution in [0.2, 0.25) is 0 Å². The molecule has 1 heterocycles. The Labute approximate surface area is 144 Å². The van der Waals surface area contributed by atoms with Crippen LogP contribution in [0, 0.1) is 23.7 Å². The fraction of sp³-hybridized carbons (Fsp3) is 0.619. The molecule has 2 bridgehead atoms. The lowest BCUT2D eigenvalue weighted by Gasteiger charge is -2.33. The van der Waals surface area contributed by atoms with Crippen LogP contribution in [0.15, 0.2) is 30.3 Å². The summed E-state index contributed by atoms with van der Waals surface area (Å²) in [5.41, 5.74) is 0.781. The molecule has 24 heavy (non-hydrogen) atoms. The number of Topliss-reactive ketones (excluding diaryl/α,β-unsaturated/α-hetero) is 1. The molecule has 0 N–H and O–H groups in total. The Morgan fingerprint density at radius 3 is 2.12 bits per heavy atom. The smallest absolute Gasteiger partial charge is 0.226 e. The number of nitrogens with zero attached hydrogens (tertiary/aromatic N) is 1. The lowest BCUT2D eigenvalue weighted by molar-refractivity contribution is -0.138. The van der Waals surface area contributed by atoms with Crippen LogP contribution in [0.3, 0.4) is 0 Å². The van der Waals surface area contributed by atoms with Crippen molar-refractivity contribution in [1.82, 2.24) is 4.90 Å². The van der Waals surface area contributed by atoms with Crippen molar-refractivity contribution in [3.63, 3.8) is 0 Å². The monoisotopic (exact) mass is 325 g/mol. The van der Waals surface area contributed by atoms with E-state index in [9.17, 15) is 9.59 Å². The molecular weight excluding hydrogens is 298 g/mol. The van der Waals surface area contributed by atoms with Gasteiger partial charge in [-0.2, -0.15) is 0 Å². The quantitative estimate of drug-likeness (QED) is 0.790. The Bertz CT molecular complexity index is 604. The normalized spacial score (nSPS) is 32.6. The van der Waals surface area contributed by atoms with Crippen LogP contribution in [0.4, 0.5) is 0 Å². The second kappa shape index (κ2) is 6.70. The number of fused-ring (bicyclic) bond motifs is 2. The maximum Gasteiger partial charge on any atom is 0.226 e. The summed E-state index contributed by atoms with van der Waals surface area (Å²) < 4.78 is 0. The number of rotatable bonds is 3. The van der Waals surface area contributed by atoms with E-state index in [1.807, 2.05) is 30.3 Å². The van der Waals surface area contributed by atoms with E-state index in [4.69, 9.17) is 0 Å². The minimum absolute atomic E-state index is 0.0606. The summed E-state index contributed by atoms with van der Waals surface area (Å²) in [5.74, 6) is 1.19. The molecule has 1 aliphatic heterocycles. The highest BCUT2D eigenvalue weighted by Crippen LogP contribution is 2.53. The second-order valence-corrected chi connectivity index (χ2v) is 7.85. The van der Waals surface area contributed by atoms with Crippen LogP contribution < -0.4 is 0 Å². The Balaban J connectivity index is 1.58. The fourth-order valence-electron chi connectivity index (χ4n) is 5.32. The van der Waals surface area contributed by atoms with E-state index in [1.54, 1.807) is 0 Å². The predicted molar refractivity (Wildman–Crippen MR) is 93.6 cm³/mol. The zero-order valence-corrected chi connectivity index (χ0v) is 14.3. The van der Waals surface area contributed by atoms with Crippen molar-refractivity contribution in [2.24, 2.45) is 23.7 Å². The Kier molecular flexibility index (Phi) is 4.43. The number of ketones is 1. The van der Waals surface area contributed by atoms with Crippen molar-refractivity contribution < 1.29 is 9.59 Å². The number of hydrogen-bond acceptors (Lipinski definition) is 2. The summed E-state index contributed by atoms with van der Waals surface area (Å²) in [7, 11) is 0. The van der Waals surface area contributed by atoms with Gasteiger partial charge in [0.25, 0.3) is 0 Å². The lowest BCUT2D eigenvalue weighted by atomic mass is 9.74. The minimum atomic E-state index is -0.0816. The maximum atomic E-state index is 13.3. The van der Waals surface area contributed by atoms with Crippen molar-refractivity contribution in [3.05, 3.63) is 35.9 Å². The number of hydrogen-bond donors (Lipinski definition) is 0. The molecule has 4 atom stereocenters. The highest BCUT2D eigenvalue weighted by atomic mass is 16.2. The average molecular weight is 325 g/mol. The van der Waals surface area contributed by atoms with Crippen LogP contribution in [0.5, 0.6) is 0 Å². The number of amides is 1. The molecule has 1 aromatic carbocycles. The van der Waals surface area contributed by atoms with Gasteiger partial charge in [0, 0.05) is 24.6 Å². The molecule has 1 amide bonds. The van der Waals surface area contributed by atoms with Gasteiger partial charge in [0.15, 0.2) is 5.78 Å². The Morgan fingerprint density at radius 2 is 1.46 bits per heavy atom. The first-order chi connectivity index (χ1) is 11.8. The zero-order valence-electron chi connectivity index (χ0n) is 14.3. The predicted octanol–water partition coefficient (Wildman–Crippen LogP) is 3.93. The molecule has 3 aliphatic rings. The van der Waals surface area contributed by atoms with E-state index >= 15 is 0 Å². The summed E-state index contributed by atoms with van der Waals surface area (Å²) in [5, 5.41) is 0. The van der Waals surface area contributed by atoms with Gasteiger partial charge in [-0.25, -0.2) is 0 Å². The highest BCUT2D eigenvalue weighted by molar-refractivity contribution is 6.01. The van der Waals surface area contributed by atoms with Crippen molar-refractivity contribution in [2.45, 2.75) is 44.9 Å². The number of carbonyl (C=O) groups excluding carboxylic acids is 2. The standard InChI is InChI=1S/C21H27NO2/c23-20(15-8-4-3-5-9-15)18-16-10-11-17(14-16)19(18)21(24)22-12-6-1-2-7-13-22/h3-5,8-9,16-19H,1-2,6-7,10-14H2/t16-,17-,18-,19+/m0/s1. The molecule has 128 valence electrons. The van der Waals surface area contributed by atoms with Gasteiger partial charge in [-0.3, -0.25) is 9.59 Å². The van der Waals surface area contributed by atoms with Crippen molar-refractivity contribution >= 4 is 11.7 Å². The van der Waals surface area contributed by atoms with E-state index in [1.165, 1.54) is 12.8 Å². The van der Waals surface area contributed by atoms with Crippen LogP contribution >= 0.6 is 0 Å². The Morgan fingerprint density at radius 1 is 0.833 bits per heavy atom. The van der Waals surface area contributed by atoms with Gasteiger partial charge in [-0.1, -0.05) is 43.2 Å². The first kappa shape index (κ1) is 15.9. The van der Waals surface area contributed by atoms with E-state index < -0.39 is 0 Å². The highest BCUT2D eigenvalue weighted by Gasteiger charge is 2.54. The van der Waals surface area contributed by atoms with Gasteiger partial charge in [-0.15, -0.1) is 0 Å². The third kappa shape index (κ3) is 2.78. The Hall–Kier alpha value is -1.64. The van der Waals surface area contributed by atoms with Gasteiger partial charge < -0.3 is 4.90 Å². The minimum Gasteiger partial charge on any atom is -0.342 e. The summed E-state index contributed by atoms with van der Waals surface area (Å²) in [4.78, 5) is 28.5. The lowest BCUT2D eigenvalue weighted by Crippen LogP contribution is -2.44. The molecule has 1 saturated heterocycles. The van der Waals surface area contributed by atoms with Crippen molar-refractivity contribution in [3.8, 4) is 0 Å². The first-order valence-corrected chi connectivity index (χ1v) is 9.64.